The number of anilines is 3. The van der Waals surface area contributed by atoms with Crippen molar-refractivity contribution >= 4 is 35.0 Å². The zero-order valence-corrected chi connectivity index (χ0v) is 15.5. The van der Waals surface area contributed by atoms with Crippen LogP contribution in [-0.4, -0.2) is 33.9 Å². The Balaban J connectivity index is 1.49. The summed E-state index contributed by atoms with van der Waals surface area (Å²) in [4.78, 5) is 24.7. The van der Waals surface area contributed by atoms with Gasteiger partial charge in [0.2, 0.25) is 0 Å². The third-order valence-electron chi connectivity index (χ3n) is 3.64. The van der Waals surface area contributed by atoms with Crippen molar-refractivity contribution < 1.29 is 4.79 Å². The second-order valence-corrected chi connectivity index (χ2v) is 6.26. The maximum atomic E-state index is 12.1. The van der Waals surface area contributed by atoms with Crippen molar-refractivity contribution in [2.45, 2.75) is 6.92 Å². The highest BCUT2D eigenvalue weighted by Gasteiger charge is 2.05. The Morgan fingerprint density at radius 1 is 1.00 bits per heavy atom. The second-order valence-electron chi connectivity index (χ2n) is 5.82. The van der Waals surface area contributed by atoms with Crippen molar-refractivity contribution in [3.63, 3.8) is 0 Å². The van der Waals surface area contributed by atoms with E-state index in [9.17, 15) is 4.79 Å². The Hall–Kier alpha value is -3.19. The van der Waals surface area contributed by atoms with Crippen molar-refractivity contribution in [1.82, 2.24) is 20.3 Å². The molecule has 27 heavy (non-hydrogen) atoms. The largest absolute Gasteiger partial charge is 0.368 e. The number of hydrogen-bond donors (Lipinski definition) is 3. The minimum atomic E-state index is -0.171. The van der Waals surface area contributed by atoms with Gasteiger partial charge in [0.05, 0.1) is 0 Å². The molecule has 0 fully saturated rings. The van der Waals surface area contributed by atoms with Gasteiger partial charge < -0.3 is 16.0 Å². The number of nitrogens with one attached hydrogen (secondary N) is 3. The third-order valence-corrected chi connectivity index (χ3v) is 3.88. The normalized spacial score (nSPS) is 10.3. The van der Waals surface area contributed by atoms with E-state index in [-0.39, 0.29) is 5.91 Å². The molecule has 0 aliphatic carbocycles. The fourth-order valence-electron chi connectivity index (χ4n) is 2.36. The molecule has 8 heteroatoms. The van der Waals surface area contributed by atoms with Gasteiger partial charge in [0.25, 0.3) is 5.91 Å². The van der Waals surface area contributed by atoms with Crippen molar-refractivity contribution in [2.75, 3.05) is 23.7 Å². The van der Waals surface area contributed by atoms with Crippen LogP contribution in [0.15, 0.2) is 55.0 Å². The minimum absolute atomic E-state index is 0.171. The highest BCUT2D eigenvalue weighted by atomic mass is 35.5. The molecule has 3 aromatic rings. The van der Waals surface area contributed by atoms with Crippen LogP contribution in [0.4, 0.5) is 17.5 Å². The van der Waals surface area contributed by atoms with Crippen LogP contribution in [0.1, 0.15) is 15.9 Å². The molecule has 0 radical (unpaired) electrons. The Morgan fingerprint density at radius 2 is 1.81 bits per heavy atom. The smallest absolute Gasteiger partial charge is 0.251 e. The first-order valence-electron chi connectivity index (χ1n) is 8.39. The van der Waals surface area contributed by atoms with Gasteiger partial charge in [0.15, 0.2) is 0 Å². The number of benzene rings is 1. The fraction of sp³-hybridized carbons (Fsp3) is 0.158. The number of carbonyl (C=O) groups is 1. The molecule has 2 heterocycles. The summed E-state index contributed by atoms with van der Waals surface area (Å²) < 4.78 is 0. The number of nitrogens with zero attached hydrogens (tertiary/aromatic N) is 3. The number of carbonyl (C=O) groups excluding carboxylic acids is 1. The fourth-order valence-corrected chi connectivity index (χ4v) is 2.55. The number of rotatable bonds is 7. The summed E-state index contributed by atoms with van der Waals surface area (Å²) in [6.45, 7) is 2.96. The van der Waals surface area contributed by atoms with Crippen molar-refractivity contribution in [3.8, 4) is 0 Å². The first-order chi connectivity index (χ1) is 13.1. The molecular formula is C19H19ClN6O. The molecule has 0 saturated carbocycles. The van der Waals surface area contributed by atoms with E-state index in [1.54, 1.807) is 36.5 Å². The lowest BCUT2D eigenvalue weighted by Gasteiger charge is -2.09. The van der Waals surface area contributed by atoms with Crippen molar-refractivity contribution in [2.24, 2.45) is 0 Å². The number of halogens is 1. The molecule has 1 amide bonds. The molecule has 0 bridgehead atoms. The van der Waals surface area contributed by atoms with Crippen LogP contribution in [0.3, 0.4) is 0 Å². The molecular weight excluding hydrogens is 364 g/mol. The first-order valence-corrected chi connectivity index (χ1v) is 8.77. The molecule has 1 aromatic carbocycles. The lowest BCUT2D eigenvalue weighted by molar-refractivity contribution is 0.0955. The van der Waals surface area contributed by atoms with Crippen LogP contribution >= 0.6 is 11.6 Å². The summed E-state index contributed by atoms with van der Waals surface area (Å²) in [5.74, 6) is 1.83. The quantitative estimate of drug-likeness (QED) is 0.542. The van der Waals surface area contributed by atoms with E-state index in [1.165, 1.54) is 6.33 Å². The van der Waals surface area contributed by atoms with Gasteiger partial charge in [-0.15, -0.1) is 0 Å². The Bertz CT molecular complexity index is 933. The number of amides is 1. The van der Waals surface area contributed by atoms with Gasteiger partial charge in [-0.05, 0) is 42.8 Å². The van der Waals surface area contributed by atoms with E-state index >= 15 is 0 Å². The average molecular weight is 383 g/mol. The zero-order chi connectivity index (χ0) is 19.1. The summed E-state index contributed by atoms with van der Waals surface area (Å²) in [7, 11) is 0. The summed E-state index contributed by atoms with van der Waals surface area (Å²) in [6, 6.07) is 12.5. The van der Waals surface area contributed by atoms with Gasteiger partial charge >= 0.3 is 0 Å². The predicted octanol–water partition coefficient (Wildman–Crippen LogP) is 3.42. The summed E-state index contributed by atoms with van der Waals surface area (Å²) in [5, 5.41) is 9.64. The molecule has 0 aliphatic heterocycles. The Labute approximate surface area is 162 Å². The van der Waals surface area contributed by atoms with Crippen LogP contribution < -0.4 is 16.0 Å². The topological polar surface area (TPSA) is 91.8 Å². The van der Waals surface area contributed by atoms with E-state index < -0.39 is 0 Å². The van der Waals surface area contributed by atoms with E-state index in [0.717, 1.165) is 5.56 Å². The van der Waals surface area contributed by atoms with Gasteiger partial charge in [-0.3, -0.25) is 4.79 Å². The van der Waals surface area contributed by atoms with E-state index in [2.05, 4.69) is 30.9 Å². The highest BCUT2D eigenvalue weighted by molar-refractivity contribution is 6.30. The first kappa shape index (κ1) is 18.6. The summed E-state index contributed by atoms with van der Waals surface area (Å²) >= 11 is 5.89. The molecule has 0 atom stereocenters. The highest BCUT2D eigenvalue weighted by Crippen LogP contribution is 2.15. The minimum Gasteiger partial charge on any atom is -0.368 e. The predicted molar refractivity (Wildman–Crippen MR) is 107 cm³/mol. The average Bonchev–Trinajstić information content (AvgIpc) is 2.65. The molecule has 0 spiro atoms. The monoisotopic (exact) mass is 382 g/mol. The van der Waals surface area contributed by atoms with Gasteiger partial charge in [0.1, 0.15) is 23.8 Å². The standard InChI is InChI=1S/C19H19ClN6O/c1-13-5-6-21-17(9-13)26-18-11-16(24-12-25-18)22-7-8-23-19(27)14-3-2-4-15(20)10-14/h2-6,9-12H,7-8H2,1H3,(H,23,27)(H2,21,22,24,25,26). The zero-order valence-electron chi connectivity index (χ0n) is 14.7. The molecule has 7 nitrogen and oxygen atoms in total. The summed E-state index contributed by atoms with van der Waals surface area (Å²) in [6.07, 6.45) is 3.20. The van der Waals surface area contributed by atoms with Gasteiger partial charge in [0, 0.05) is 35.9 Å². The molecule has 0 saturated heterocycles. The Kier molecular flexibility index (Phi) is 6.17. The lowest BCUT2D eigenvalue weighted by atomic mass is 10.2. The molecule has 138 valence electrons. The second kappa shape index (κ2) is 8.95. The van der Waals surface area contributed by atoms with E-state index in [1.807, 2.05) is 19.1 Å². The number of aryl methyl sites for hydroxylation is 1. The van der Waals surface area contributed by atoms with Crippen LogP contribution in [0.2, 0.25) is 5.02 Å². The number of aromatic nitrogens is 3. The number of pyridine rings is 1. The van der Waals surface area contributed by atoms with E-state index in [4.69, 9.17) is 11.6 Å². The van der Waals surface area contributed by atoms with Crippen LogP contribution in [0.5, 0.6) is 0 Å². The van der Waals surface area contributed by atoms with Gasteiger partial charge in [-0.2, -0.15) is 0 Å². The van der Waals surface area contributed by atoms with Crippen LogP contribution in [0, 0.1) is 6.92 Å². The lowest BCUT2D eigenvalue weighted by Crippen LogP contribution is -2.28. The molecule has 3 rings (SSSR count). The van der Waals surface area contributed by atoms with Crippen molar-refractivity contribution in [3.05, 3.63) is 71.1 Å². The molecule has 2 aromatic heterocycles. The molecule has 3 N–H and O–H groups in total. The third kappa shape index (κ3) is 5.65. The Morgan fingerprint density at radius 3 is 2.63 bits per heavy atom. The molecule has 0 aliphatic rings. The van der Waals surface area contributed by atoms with Crippen LogP contribution in [0.25, 0.3) is 0 Å². The SMILES string of the molecule is Cc1ccnc(Nc2cc(NCCNC(=O)c3cccc(Cl)c3)ncn2)c1. The van der Waals surface area contributed by atoms with Crippen LogP contribution in [-0.2, 0) is 0 Å². The maximum absolute atomic E-state index is 12.1. The van der Waals surface area contributed by atoms with Gasteiger partial charge in [-0.25, -0.2) is 15.0 Å². The summed E-state index contributed by atoms with van der Waals surface area (Å²) in [5.41, 5.74) is 1.64. The van der Waals surface area contributed by atoms with E-state index in [0.29, 0.717) is 41.1 Å². The van der Waals surface area contributed by atoms with Gasteiger partial charge in [-0.1, -0.05) is 17.7 Å². The molecule has 0 unspecified atom stereocenters. The number of hydrogen-bond acceptors (Lipinski definition) is 6. The maximum Gasteiger partial charge on any atom is 0.251 e. The van der Waals surface area contributed by atoms with Crippen molar-refractivity contribution in [1.29, 1.82) is 0 Å².